The van der Waals surface area contributed by atoms with Gasteiger partial charge in [-0.25, -0.2) is 8.42 Å². The van der Waals surface area contributed by atoms with Gasteiger partial charge in [-0.2, -0.15) is 0 Å². The Morgan fingerprint density at radius 3 is 1.83 bits per heavy atom. The molecular formula is C18H31MgNaO3S. The molecule has 0 unspecified atom stereocenters. The Morgan fingerprint density at radius 1 is 0.875 bits per heavy atom. The Balaban J connectivity index is -0.000000605. The Hall–Kier alpha value is 0.896. The fourth-order valence-electron chi connectivity index (χ4n) is 2.76. The Morgan fingerprint density at radius 2 is 1.33 bits per heavy atom. The van der Waals surface area contributed by atoms with Crippen molar-refractivity contribution in [2.45, 2.75) is 82.4 Å². The molecule has 0 radical (unpaired) electrons. The van der Waals surface area contributed by atoms with Gasteiger partial charge in [-0.15, -0.1) is 0 Å². The molecule has 24 heavy (non-hydrogen) atoms. The van der Waals surface area contributed by atoms with Gasteiger partial charge in [-0.05, 0) is 24.5 Å². The van der Waals surface area contributed by atoms with Crippen molar-refractivity contribution in [3.8, 4) is 0 Å². The van der Waals surface area contributed by atoms with Crippen LogP contribution in [-0.4, -0.2) is 36.0 Å². The smallest absolute Gasteiger partial charge is 1.00 e. The average Bonchev–Trinajstić information content (AvgIpc) is 2.48. The summed E-state index contributed by atoms with van der Waals surface area (Å²) in [6, 6.07) is 6.56. The van der Waals surface area contributed by atoms with Crippen LogP contribution in [-0.2, 0) is 16.5 Å². The quantitative estimate of drug-likeness (QED) is 0.319. The maximum Gasteiger partial charge on any atom is 2.00 e. The molecule has 1 aromatic rings. The van der Waals surface area contributed by atoms with Crippen LogP contribution in [0.25, 0.3) is 0 Å². The van der Waals surface area contributed by atoms with E-state index in [0.717, 1.165) is 12.8 Å². The van der Waals surface area contributed by atoms with Gasteiger partial charge >= 0.3 is 52.6 Å². The van der Waals surface area contributed by atoms with E-state index in [0.29, 0.717) is 12.0 Å². The summed E-state index contributed by atoms with van der Waals surface area (Å²) < 4.78 is 33.5. The summed E-state index contributed by atoms with van der Waals surface area (Å²) in [7, 11) is -4.35. The van der Waals surface area contributed by atoms with E-state index in [1.165, 1.54) is 57.4 Å². The van der Waals surface area contributed by atoms with Crippen LogP contribution in [0.5, 0.6) is 0 Å². The SMILES string of the molecule is CCCCCCCCCCCCc1ccccc1S(=O)(=O)[O-].[H-].[H-].[Mg+2].[Na+]. The molecule has 0 saturated heterocycles. The number of hydrogen-bond acceptors (Lipinski definition) is 3. The molecule has 0 amide bonds. The summed E-state index contributed by atoms with van der Waals surface area (Å²) in [5.74, 6) is 0. The topological polar surface area (TPSA) is 57.2 Å². The minimum Gasteiger partial charge on any atom is -1.00 e. The molecule has 0 aromatic heterocycles. The number of unbranched alkanes of at least 4 members (excludes halogenated alkanes) is 9. The van der Waals surface area contributed by atoms with Gasteiger partial charge in [0.05, 0.1) is 4.90 Å². The molecule has 0 saturated carbocycles. The molecule has 6 heteroatoms. The van der Waals surface area contributed by atoms with Crippen molar-refractivity contribution in [1.29, 1.82) is 0 Å². The first-order valence-electron chi connectivity index (χ1n) is 8.59. The summed E-state index contributed by atoms with van der Waals surface area (Å²) >= 11 is 0. The molecule has 130 valence electrons. The van der Waals surface area contributed by atoms with E-state index < -0.39 is 10.1 Å². The van der Waals surface area contributed by atoms with E-state index in [2.05, 4.69) is 6.92 Å². The first kappa shape index (κ1) is 27.1. The zero-order chi connectivity index (χ0) is 16.3. The second kappa shape index (κ2) is 16.1. The monoisotopic (exact) mass is 374 g/mol. The maximum atomic E-state index is 11.2. The Bertz CT molecular complexity index is 531. The minimum absolute atomic E-state index is 0. The van der Waals surface area contributed by atoms with E-state index >= 15 is 0 Å². The number of hydrogen-bond donors (Lipinski definition) is 0. The van der Waals surface area contributed by atoms with Crippen molar-refractivity contribution in [3.63, 3.8) is 0 Å². The molecule has 0 aliphatic carbocycles. The van der Waals surface area contributed by atoms with E-state index in [4.69, 9.17) is 0 Å². The molecule has 0 bridgehead atoms. The minimum atomic E-state index is -4.35. The van der Waals surface area contributed by atoms with Crippen LogP contribution in [0.4, 0.5) is 0 Å². The van der Waals surface area contributed by atoms with Gasteiger partial charge in [-0.1, -0.05) is 82.9 Å². The molecule has 1 rings (SSSR count). The van der Waals surface area contributed by atoms with Gasteiger partial charge in [0.15, 0.2) is 0 Å². The fraction of sp³-hybridized carbons (Fsp3) is 0.667. The van der Waals surface area contributed by atoms with Crippen molar-refractivity contribution in [1.82, 2.24) is 0 Å². The van der Waals surface area contributed by atoms with Crippen LogP contribution in [0.2, 0.25) is 0 Å². The summed E-state index contributed by atoms with van der Waals surface area (Å²) in [5, 5.41) is 0. The normalized spacial score (nSPS) is 10.8. The molecule has 0 spiro atoms. The van der Waals surface area contributed by atoms with Crippen LogP contribution in [0, 0.1) is 0 Å². The second-order valence-corrected chi connectivity index (χ2v) is 7.34. The predicted molar refractivity (Wildman–Crippen MR) is 97.9 cm³/mol. The fourth-order valence-corrected chi connectivity index (χ4v) is 3.49. The van der Waals surface area contributed by atoms with Gasteiger partial charge in [0, 0.05) is 0 Å². The van der Waals surface area contributed by atoms with Crippen molar-refractivity contribution in [2.24, 2.45) is 0 Å². The molecule has 0 aliphatic heterocycles. The Labute approximate surface area is 189 Å². The van der Waals surface area contributed by atoms with Gasteiger partial charge in [-0.3, -0.25) is 0 Å². The summed E-state index contributed by atoms with van der Waals surface area (Å²) in [6.45, 7) is 2.23. The molecular weight excluding hydrogens is 344 g/mol. The molecule has 0 atom stereocenters. The van der Waals surface area contributed by atoms with Crippen LogP contribution >= 0.6 is 0 Å². The third kappa shape index (κ3) is 12.3. The number of aryl methyl sites for hydroxylation is 1. The molecule has 0 N–H and O–H groups in total. The van der Waals surface area contributed by atoms with Gasteiger partial charge < -0.3 is 7.41 Å². The molecule has 0 heterocycles. The molecule has 0 fully saturated rings. The van der Waals surface area contributed by atoms with Gasteiger partial charge in [0.25, 0.3) is 0 Å². The first-order chi connectivity index (χ1) is 10.6. The molecule has 1 aromatic carbocycles. The van der Waals surface area contributed by atoms with E-state index in [1.807, 2.05) is 0 Å². The summed E-state index contributed by atoms with van der Waals surface area (Å²) in [4.78, 5) is -0.0501. The summed E-state index contributed by atoms with van der Waals surface area (Å²) in [5.41, 5.74) is 0.664. The Kier molecular flexibility index (Phi) is 18.2. The maximum absolute atomic E-state index is 11.2. The van der Waals surface area contributed by atoms with E-state index in [-0.39, 0.29) is 60.4 Å². The van der Waals surface area contributed by atoms with Gasteiger partial charge in [0.1, 0.15) is 10.1 Å². The zero-order valence-corrected chi connectivity index (χ0v) is 19.7. The number of benzene rings is 1. The van der Waals surface area contributed by atoms with Crippen molar-refractivity contribution in [2.75, 3.05) is 0 Å². The van der Waals surface area contributed by atoms with E-state index in [9.17, 15) is 13.0 Å². The second-order valence-electron chi connectivity index (χ2n) is 5.99. The van der Waals surface area contributed by atoms with Crippen molar-refractivity contribution < 1.29 is 45.4 Å². The van der Waals surface area contributed by atoms with Crippen LogP contribution < -0.4 is 29.6 Å². The molecule has 3 nitrogen and oxygen atoms in total. The van der Waals surface area contributed by atoms with Crippen molar-refractivity contribution in [3.05, 3.63) is 29.8 Å². The number of rotatable bonds is 12. The van der Waals surface area contributed by atoms with Crippen LogP contribution in [0.15, 0.2) is 29.2 Å². The molecule has 0 aliphatic rings. The van der Waals surface area contributed by atoms with Gasteiger partial charge in [0.2, 0.25) is 0 Å². The third-order valence-corrected chi connectivity index (χ3v) is 4.98. The zero-order valence-electron chi connectivity index (χ0n) is 17.4. The first-order valence-corrected chi connectivity index (χ1v) is 10.0. The summed E-state index contributed by atoms with van der Waals surface area (Å²) in [6.07, 6.45) is 13.2. The standard InChI is InChI=1S/C18H30O3S.Mg.Na.2H/c1-2-3-4-5-6-7-8-9-10-11-14-17-15-12-13-16-18(17)22(19,20)21;;;;/h12-13,15-16H,2-11,14H2,1H3,(H,19,20,21);;;;/q;+2;+1;2*-1/p-1. The predicted octanol–water partition coefficient (Wildman–Crippen LogP) is 1.90. The van der Waals surface area contributed by atoms with Crippen molar-refractivity contribution >= 4 is 33.2 Å². The van der Waals surface area contributed by atoms with E-state index in [1.54, 1.807) is 18.2 Å². The van der Waals surface area contributed by atoms with Crippen LogP contribution in [0.1, 0.15) is 79.5 Å². The average molecular weight is 375 g/mol. The largest absolute Gasteiger partial charge is 2.00 e. The van der Waals surface area contributed by atoms with Crippen LogP contribution in [0.3, 0.4) is 0 Å². The third-order valence-electron chi connectivity index (χ3n) is 4.04.